The second kappa shape index (κ2) is 16.6. The number of halogens is 1. The average Bonchev–Trinajstić information content (AvgIpc) is 3.34. The van der Waals surface area contributed by atoms with Gasteiger partial charge in [0.2, 0.25) is 0 Å². The third-order valence-corrected chi connectivity index (χ3v) is 6.24. The molecule has 7 nitrogen and oxygen atoms in total. The van der Waals surface area contributed by atoms with Gasteiger partial charge in [-0.15, -0.1) is 24.0 Å². The van der Waals surface area contributed by atoms with Crippen LogP contribution in [0.15, 0.2) is 29.3 Å². The highest BCUT2D eigenvalue weighted by atomic mass is 127. The third kappa shape index (κ3) is 10.9. The first-order chi connectivity index (χ1) is 15.8. The maximum Gasteiger partial charge on any atom is 0.191 e. The number of rotatable bonds is 12. The summed E-state index contributed by atoms with van der Waals surface area (Å²) in [5.74, 6) is 1.45. The molecule has 1 unspecified atom stereocenters. The molecule has 1 aromatic carbocycles. The van der Waals surface area contributed by atoms with Crippen LogP contribution in [-0.2, 0) is 22.6 Å². The summed E-state index contributed by atoms with van der Waals surface area (Å²) in [6.45, 7) is 17.0. The van der Waals surface area contributed by atoms with Crippen LogP contribution >= 0.6 is 24.0 Å². The minimum atomic E-state index is 0. The lowest BCUT2D eigenvalue weighted by atomic mass is 10.1. The van der Waals surface area contributed by atoms with Gasteiger partial charge in [-0.05, 0) is 37.4 Å². The molecule has 0 spiro atoms. The van der Waals surface area contributed by atoms with Crippen molar-refractivity contribution in [2.75, 3.05) is 72.2 Å². The number of aliphatic imine (C=N–C) groups is 1. The van der Waals surface area contributed by atoms with Gasteiger partial charge in [-0.2, -0.15) is 0 Å². The number of hydrogen-bond donors (Lipinski definition) is 2. The second-order valence-corrected chi connectivity index (χ2v) is 8.81. The number of likely N-dealkylation sites (N-methyl/N-ethyl adjacent to an activating group) is 1. The Hall–Kier alpha value is -0.940. The van der Waals surface area contributed by atoms with Gasteiger partial charge in [-0.25, -0.2) is 4.99 Å². The van der Waals surface area contributed by atoms with Gasteiger partial charge < -0.3 is 25.0 Å². The summed E-state index contributed by atoms with van der Waals surface area (Å²) in [6.07, 6.45) is 2.10. The van der Waals surface area contributed by atoms with Crippen molar-refractivity contribution in [3.05, 3.63) is 35.4 Å². The smallest absolute Gasteiger partial charge is 0.191 e. The number of guanidine groups is 1. The molecule has 1 atom stereocenters. The zero-order valence-electron chi connectivity index (χ0n) is 20.6. The summed E-state index contributed by atoms with van der Waals surface area (Å²) in [5, 5.41) is 6.75. The number of piperazine rings is 1. The van der Waals surface area contributed by atoms with E-state index >= 15 is 0 Å². The topological polar surface area (TPSA) is 61.4 Å². The fourth-order valence-corrected chi connectivity index (χ4v) is 4.13. The molecule has 2 fully saturated rings. The highest BCUT2D eigenvalue weighted by Crippen LogP contribution is 2.12. The van der Waals surface area contributed by atoms with E-state index in [1.165, 1.54) is 24.2 Å². The van der Waals surface area contributed by atoms with Crippen LogP contribution < -0.4 is 10.6 Å². The maximum atomic E-state index is 5.78. The summed E-state index contributed by atoms with van der Waals surface area (Å²) in [6, 6.07) is 8.94. The Bertz CT molecular complexity index is 659. The molecular weight excluding hydrogens is 529 g/mol. The number of hydrogen-bond acceptors (Lipinski definition) is 5. The molecule has 2 N–H and O–H groups in total. The summed E-state index contributed by atoms with van der Waals surface area (Å²) in [7, 11) is 0. The number of ether oxygens (including phenoxy) is 2. The van der Waals surface area contributed by atoms with E-state index < -0.39 is 0 Å². The molecule has 8 heteroatoms. The lowest BCUT2D eigenvalue weighted by Gasteiger charge is -2.34. The molecule has 0 radical (unpaired) electrons. The van der Waals surface area contributed by atoms with E-state index in [4.69, 9.17) is 14.5 Å². The Morgan fingerprint density at radius 1 is 1.06 bits per heavy atom. The molecule has 0 aromatic heterocycles. The summed E-state index contributed by atoms with van der Waals surface area (Å²) in [4.78, 5) is 9.82. The Kier molecular flexibility index (Phi) is 14.3. The zero-order chi connectivity index (χ0) is 22.4. The number of nitrogens with one attached hydrogen (secondary N) is 2. The predicted molar refractivity (Wildman–Crippen MR) is 146 cm³/mol. The molecule has 1 aromatic rings. The highest BCUT2D eigenvalue weighted by Gasteiger charge is 2.16. The highest BCUT2D eigenvalue weighted by molar-refractivity contribution is 14.0. The van der Waals surface area contributed by atoms with Crippen molar-refractivity contribution in [3.8, 4) is 0 Å². The normalized spacial score (nSPS) is 19.9. The zero-order valence-corrected chi connectivity index (χ0v) is 22.9. The van der Waals surface area contributed by atoms with Crippen LogP contribution in [0.4, 0.5) is 0 Å². The van der Waals surface area contributed by atoms with Crippen molar-refractivity contribution >= 4 is 29.9 Å². The predicted octanol–water partition coefficient (Wildman–Crippen LogP) is 2.94. The first-order valence-corrected chi connectivity index (χ1v) is 12.5. The first-order valence-electron chi connectivity index (χ1n) is 12.5. The van der Waals surface area contributed by atoms with Gasteiger partial charge in [0.1, 0.15) is 0 Å². The van der Waals surface area contributed by atoms with Crippen molar-refractivity contribution < 1.29 is 9.47 Å². The molecule has 2 aliphatic rings. The lowest BCUT2D eigenvalue weighted by Crippen LogP contribution is -2.45. The van der Waals surface area contributed by atoms with Crippen molar-refractivity contribution in [1.29, 1.82) is 0 Å². The van der Waals surface area contributed by atoms with Gasteiger partial charge in [0.05, 0.1) is 19.8 Å². The van der Waals surface area contributed by atoms with Crippen LogP contribution in [0.25, 0.3) is 0 Å². The minimum Gasteiger partial charge on any atom is -0.381 e. The Morgan fingerprint density at radius 3 is 2.45 bits per heavy atom. The minimum absolute atomic E-state index is 0. The average molecular weight is 574 g/mol. The molecule has 188 valence electrons. The Labute approximate surface area is 217 Å². The van der Waals surface area contributed by atoms with E-state index in [-0.39, 0.29) is 24.0 Å². The van der Waals surface area contributed by atoms with E-state index in [2.05, 4.69) is 58.5 Å². The van der Waals surface area contributed by atoms with Gasteiger partial charge in [0.15, 0.2) is 5.96 Å². The summed E-state index contributed by atoms with van der Waals surface area (Å²) < 4.78 is 11.2. The van der Waals surface area contributed by atoms with Crippen LogP contribution in [0, 0.1) is 5.92 Å². The van der Waals surface area contributed by atoms with Gasteiger partial charge in [0, 0.05) is 64.9 Å². The monoisotopic (exact) mass is 573 g/mol. The van der Waals surface area contributed by atoms with Crippen LogP contribution in [0.5, 0.6) is 0 Å². The Morgan fingerprint density at radius 2 is 1.79 bits per heavy atom. The van der Waals surface area contributed by atoms with Crippen LogP contribution in [0.1, 0.15) is 37.8 Å². The molecule has 0 saturated carbocycles. The lowest BCUT2D eigenvalue weighted by molar-refractivity contribution is 0.0888. The van der Waals surface area contributed by atoms with Gasteiger partial charge in [-0.3, -0.25) is 4.90 Å². The standard InChI is InChI=1S/C25H43N5O2.HI/c1-3-26-25(27-11-5-16-31-20-24-10-17-32-21-24)28-18-22-6-8-23(9-7-22)19-30-14-12-29(4-2)13-15-30;/h6-9,24H,3-5,10-21H2,1-2H3,(H2,26,27,28);1H. The van der Waals surface area contributed by atoms with Crippen LogP contribution in [-0.4, -0.2) is 88.0 Å². The van der Waals surface area contributed by atoms with Crippen LogP contribution in [0.2, 0.25) is 0 Å². The molecule has 0 bridgehead atoms. The maximum absolute atomic E-state index is 5.78. The molecule has 0 aliphatic carbocycles. The number of nitrogens with zero attached hydrogens (tertiary/aromatic N) is 3. The number of benzene rings is 1. The SMILES string of the molecule is CCNC(=NCc1ccc(CN2CCN(CC)CC2)cc1)NCCCOCC1CCOC1.I. The fourth-order valence-electron chi connectivity index (χ4n) is 4.13. The molecule has 2 aliphatic heterocycles. The summed E-state index contributed by atoms with van der Waals surface area (Å²) >= 11 is 0. The Balaban J connectivity index is 0.00000385. The molecule has 2 saturated heterocycles. The van der Waals surface area contributed by atoms with Crippen molar-refractivity contribution in [1.82, 2.24) is 20.4 Å². The quantitative estimate of drug-likeness (QED) is 0.174. The van der Waals surface area contributed by atoms with Gasteiger partial charge >= 0.3 is 0 Å². The first kappa shape index (κ1) is 28.3. The molecule has 33 heavy (non-hydrogen) atoms. The van der Waals surface area contributed by atoms with E-state index in [1.807, 2.05) is 0 Å². The molecular formula is C25H44IN5O2. The van der Waals surface area contributed by atoms with E-state index in [1.54, 1.807) is 0 Å². The molecule has 3 rings (SSSR count). The van der Waals surface area contributed by atoms with Gasteiger partial charge in [0.25, 0.3) is 0 Å². The van der Waals surface area contributed by atoms with E-state index in [9.17, 15) is 0 Å². The van der Waals surface area contributed by atoms with Crippen molar-refractivity contribution in [3.63, 3.8) is 0 Å². The summed E-state index contributed by atoms with van der Waals surface area (Å²) in [5.41, 5.74) is 2.63. The molecule has 0 amide bonds. The third-order valence-electron chi connectivity index (χ3n) is 6.24. The van der Waals surface area contributed by atoms with E-state index in [0.29, 0.717) is 12.5 Å². The van der Waals surface area contributed by atoms with E-state index in [0.717, 1.165) is 84.5 Å². The van der Waals surface area contributed by atoms with Crippen LogP contribution in [0.3, 0.4) is 0 Å². The van der Waals surface area contributed by atoms with Gasteiger partial charge in [-0.1, -0.05) is 31.2 Å². The largest absolute Gasteiger partial charge is 0.381 e. The fraction of sp³-hybridized carbons (Fsp3) is 0.720. The van der Waals surface area contributed by atoms with Crippen molar-refractivity contribution in [2.45, 2.75) is 39.8 Å². The second-order valence-electron chi connectivity index (χ2n) is 8.81. The van der Waals surface area contributed by atoms with Crippen molar-refractivity contribution in [2.24, 2.45) is 10.9 Å². The molecule has 2 heterocycles.